The highest BCUT2D eigenvalue weighted by Crippen LogP contribution is 2.46. The number of ether oxygens (including phenoxy) is 1. The van der Waals surface area contributed by atoms with Crippen LogP contribution in [0.2, 0.25) is 5.02 Å². The van der Waals surface area contributed by atoms with Crippen LogP contribution in [-0.2, 0) is 11.2 Å². The second kappa shape index (κ2) is 8.19. The lowest BCUT2D eigenvalue weighted by molar-refractivity contribution is -0.120. The summed E-state index contributed by atoms with van der Waals surface area (Å²) in [4.78, 5) is 15.2. The summed E-state index contributed by atoms with van der Waals surface area (Å²) >= 11 is 6.25. The van der Waals surface area contributed by atoms with Gasteiger partial charge in [-0.2, -0.15) is 5.10 Å². The number of nitrogens with zero attached hydrogens (tertiary/aromatic N) is 3. The maximum absolute atomic E-state index is 13.2. The molecule has 1 amide bonds. The van der Waals surface area contributed by atoms with Crippen LogP contribution >= 0.6 is 11.6 Å². The average molecular weight is 463 g/mol. The van der Waals surface area contributed by atoms with Crippen molar-refractivity contribution in [1.29, 1.82) is 0 Å². The van der Waals surface area contributed by atoms with Gasteiger partial charge < -0.3 is 15.0 Å². The van der Waals surface area contributed by atoms with Crippen molar-refractivity contribution < 1.29 is 9.53 Å². The summed E-state index contributed by atoms with van der Waals surface area (Å²) in [6, 6.07) is 12.2. The number of amides is 1. The molecule has 2 aliphatic heterocycles. The molecule has 0 unspecified atom stereocenters. The van der Waals surface area contributed by atoms with Crippen molar-refractivity contribution in [3.63, 3.8) is 0 Å². The van der Waals surface area contributed by atoms with E-state index in [4.69, 9.17) is 16.3 Å². The Hall–Kier alpha value is -2.83. The van der Waals surface area contributed by atoms with Crippen LogP contribution in [0.25, 0.3) is 11.1 Å². The monoisotopic (exact) mass is 462 g/mol. The molecule has 3 heterocycles. The molecular weight excluding hydrogens is 436 g/mol. The molecule has 3 aliphatic rings. The minimum Gasteiger partial charge on any atom is -0.456 e. The Bertz CT molecular complexity index is 1210. The van der Waals surface area contributed by atoms with Crippen molar-refractivity contribution in [1.82, 2.24) is 15.1 Å². The van der Waals surface area contributed by atoms with Gasteiger partial charge in [-0.05, 0) is 62.9 Å². The molecule has 1 aromatic heterocycles. The quantitative estimate of drug-likeness (QED) is 0.565. The Labute approximate surface area is 198 Å². The van der Waals surface area contributed by atoms with E-state index in [9.17, 15) is 4.79 Å². The van der Waals surface area contributed by atoms with Gasteiger partial charge in [-0.15, -0.1) is 0 Å². The Kier molecular flexibility index (Phi) is 5.15. The summed E-state index contributed by atoms with van der Waals surface area (Å²) in [6.07, 6.45) is 7.76. The molecule has 2 aromatic carbocycles. The number of aromatic nitrogens is 2. The predicted molar refractivity (Wildman–Crippen MR) is 129 cm³/mol. The van der Waals surface area contributed by atoms with E-state index in [1.54, 1.807) is 0 Å². The number of halogens is 1. The van der Waals surface area contributed by atoms with E-state index in [1.807, 2.05) is 40.0 Å². The number of carbonyl (C=O) groups is 1. The van der Waals surface area contributed by atoms with Gasteiger partial charge in [0.05, 0.1) is 17.9 Å². The second-order valence-corrected chi connectivity index (χ2v) is 9.83. The molecule has 0 spiro atoms. The first-order chi connectivity index (χ1) is 16.1. The molecule has 6 rings (SSSR count). The van der Waals surface area contributed by atoms with Crippen LogP contribution in [0, 0.1) is 5.92 Å². The molecule has 33 heavy (non-hydrogen) atoms. The number of nitrogens with one attached hydrogen (secondary N) is 1. The Morgan fingerprint density at radius 2 is 2.03 bits per heavy atom. The number of rotatable bonds is 5. The van der Waals surface area contributed by atoms with Crippen LogP contribution in [0.5, 0.6) is 11.5 Å². The predicted octanol–water partition coefficient (Wildman–Crippen LogP) is 5.22. The molecule has 2 fully saturated rings. The summed E-state index contributed by atoms with van der Waals surface area (Å²) in [5.41, 5.74) is 4.06. The van der Waals surface area contributed by atoms with Gasteiger partial charge in [0.2, 0.25) is 5.91 Å². The number of fused-ring (bicyclic) bond motifs is 1. The SMILES string of the molecule is C[C@H]1CCc2c(ccc(-c3cnn(C4CNC4)c3)c2Oc2cccc(Cl)c2)N1C(=O)C1CC1. The largest absolute Gasteiger partial charge is 0.456 e. The Balaban J connectivity index is 1.46. The summed E-state index contributed by atoms with van der Waals surface area (Å²) in [6.45, 7) is 4.02. The van der Waals surface area contributed by atoms with Crippen LogP contribution < -0.4 is 15.0 Å². The van der Waals surface area contributed by atoms with E-state index in [0.717, 1.165) is 66.9 Å². The van der Waals surface area contributed by atoms with Crippen molar-refractivity contribution in [2.45, 2.75) is 44.7 Å². The van der Waals surface area contributed by atoms with Crippen molar-refractivity contribution in [3.8, 4) is 22.6 Å². The van der Waals surface area contributed by atoms with E-state index in [-0.39, 0.29) is 17.9 Å². The van der Waals surface area contributed by atoms with Gasteiger partial charge in [-0.3, -0.25) is 9.48 Å². The zero-order valence-corrected chi connectivity index (χ0v) is 19.4. The van der Waals surface area contributed by atoms with Gasteiger partial charge in [0.1, 0.15) is 11.5 Å². The van der Waals surface area contributed by atoms with Gasteiger partial charge in [0, 0.05) is 53.0 Å². The maximum Gasteiger partial charge on any atom is 0.230 e. The lowest BCUT2D eigenvalue weighted by atomic mass is 9.92. The second-order valence-electron chi connectivity index (χ2n) is 9.39. The number of benzene rings is 2. The molecule has 3 aromatic rings. The zero-order valence-electron chi connectivity index (χ0n) is 18.6. The van der Waals surface area contributed by atoms with Crippen LogP contribution in [0.15, 0.2) is 48.8 Å². The molecule has 1 N–H and O–H groups in total. The minimum atomic E-state index is 0.171. The highest BCUT2D eigenvalue weighted by Gasteiger charge is 2.39. The van der Waals surface area contributed by atoms with Crippen molar-refractivity contribution in [3.05, 3.63) is 59.4 Å². The Morgan fingerprint density at radius 1 is 1.18 bits per heavy atom. The molecule has 1 saturated heterocycles. The third kappa shape index (κ3) is 3.81. The van der Waals surface area contributed by atoms with Gasteiger partial charge in [-0.1, -0.05) is 17.7 Å². The van der Waals surface area contributed by atoms with Crippen LogP contribution in [0.1, 0.15) is 37.8 Å². The third-order valence-electron chi connectivity index (χ3n) is 6.97. The van der Waals surface area contributed by atoms with Gasteiger partial charge >= 0.3 is 0 Å². The molecule has 170 valence electrons. The normalized spacial score (nSPS) is 20.3. The van der Waals surface area contributed by atoms with Crippen LogP contribution in [-0.4, -0.2) is 34.8 Å². The van der Waals surface area contributed by atoms with Gasteiger partial charge in [0.25, 0.3) is 0 Å². The minimum absolute atomic E-state index is 0.171. The lowest BCUT2D eigenvalue weighted by Gasteiger charge is -2.36. The molecule has 0 bridgehead atoms. The molecule has 1 saturated carbocycles. The van der Waals surface area contributed by atoms with Crippen molar-refractivity contribution in [2.24, 2.45) is 5.92 Å². The van der Waals surface area contributed by atoms with Crippen molar-refractivity contribution >= 4 is 23.2 Å². The van der Waals surface area contributed by atoms with E-state index in [2.05, 4.69) is 35.7 Å². The fourth-order valence-electron chi connectivity index (χ4n) is 4.80. The molecular formula is C26H27ClN4O2. The van der Waals surface area contributed by atoms with E-state index in [0.29, 0.717) is 16.8 Å². The number of carbonyl (C=O) groups excluding carboxylic acids is 1. The number of hydrogen-bond donors (Lipinski definition) is 1. The molecule has 6 nitrogen and oxygen atoms in total. The highest BCUT2D eigenvalue weighted by molar-refractivity contribution is 6.30. The van der Waals surface area contributed by atoms with Crippen LogP contribution in [0.4, 0.5) is 5.69 Å². The lowest BCUT2D eigenvalue weighted by Crippen LogP contribution is -2.43. The standard InChI is InChI=1S/C26H27ClN4O2/c1-16-5-8-23-24(31(16)26(32)17-6-7-17)10-9-22(18-12-29-30(15-18)20-13-28-14-20)25(23)33-21-4-2-3-19(27)11-21/h2-4,9-12,15-17,20,28H,5-8,13-14H2,1H3/t16-/m0/s1. The number of hydrogen-bond acceptors (Lipinski definition) is 4. The average Bonchev–Trinajstić information content (AvgIpc) is 3.51. The van der Waals surface area contributed by atoms with Gasteiger partial charge in [-0.25, -0.2) is 0 Å². The first kappa shape index (κ1) is 20.8. The van der Waals surface area contributed by atoms with E-state index < -0.39 is 0 Å². The smallest absolute Gasteiger partial charge is 0.230 e. The highest BCUT2D eigenvalue weighted by atomic mass is 35.5. The number of anilines is 1. The van der Waals surface area contributed by atoms with Crippen LogP contribution in [0.3, 0.4) is 0 Å². The third-order valence-corrected chi connectivity index (χ3v) is 7.21. The van der Waals surface area contributed by atoms with Gasteiger partial charge in [0.15, 0.2) is 0 Å². The summed E-state index contributed by atoms with van der Waals surface area (Å²) in [5, 5.41) is 8.54. The fourth-order valence-corrected chi connectivity index (χ4v) is 4.98. The molecule has 0 radical (unpaired) electrons. The summed E-state index contributed by atoms with van der Waals surface area (Å²) in [5.74, 6) is 1.90. The summed E-state index contributed by atoms with van der Waals surface area (Å²) < 4.78 is 8.55. The van der Waals surface area contributed by atoms with Crippen molar-refractivity contribution in [2.75, 3.05) is 18.0 Å². The topological polar surface area (TPSA) is 59.4 Å². The fraction of sp³-hybridized carbons (Fsp3) is 0.385. The Morgan fingerprint density at radius 3 is 2.76 bits per heavy atom. The maximum atomic E-state index is 13.2. The van der Waals surface area contributed by atoms with E-state index in [1.165, 1.54) is 0 Å². The van der Waals surface area contributed by atoms with E-state index >= 15 is 0 Å². The molecule has 1 atom stereocenters. The molecule has 1 aliphatic carbocycles. The zero-order chi connectivity index (χ0) is 22.5. The molecule has 7 heteroatoms. The first-order valence-electron chi connectivity index (χ1n) is 11.8. The first-order valence-corrected chi connectivity index (χ1v) is 12.1. The summed E-state index contributed by atoms with van der Waals surface area (Å²) in [7, 11) is 0.